The monoisotopic (exact) mass is 397 g/mol. The summed E-state index contributed by atoms with van der Waals surface area (Å²) in [4.78, 5) is 36.4. The number of hydrogen-bond acceptors (Lipinski definition) is 7. The Morgan fingerprint density at radius 3 is 2.41 bits per heavy atom. The predicted octanol–water partition coefficient (Wildman–Crippen LogP) is -0.448. The van der Waals surface area contributed by atoms with Gasteiger partial charge in [0.05, 0.1) is 0 Å². The standard InChI is InChI=1S/C16H19N3O7S/c1-9-7-12(21)19(9)13(15(23)24)16(2,27(25)26)8-17-18-14(22)10-3-5-11(20)6-4-10/h3-6,8-9,13,20,27H,7H2,1-2H3,(H,18,22)(H,23,24)/b17-8+/t9-,13+,16+/m1/s1. The summed E-state index contributed by atoms with van der Waals surface area (Å²) in [6, 6.07) is 3.13. The minimum absolute atomic E-state index is 0.0383. The van der Waals surface area contributed by atoms with E-state index in [-0.39, 0.29) is 17.7 Å². The lowest BCUT2D eigenvalue weighted by molar-refractivity contribution is -0.161. The average molecular weight is 397 g/mol. The van der Waals surface area contributed by atoms with Crippen LogP contribution in [0.1, 0.15) is 30.6 Å². The molecule has 3 atom stereocenters. The first-order chi connectivity index (χ1) is 12.6. The zero-order valence-electron chi connectivity index (χ0n) is 14.5. The molecule has 0 aliphatic carbocycles. The van der Waals surface area contributed by atoms with Crippen LogP contribution in [0.25, 0.3) is 0 Å². The number of phenolic OH excluding ortho intramolecular Hbond substituents is 1. The van der Waals surface area contributed by atoms with Crippen LogP contribution in [0.5, 0.6) is 5.75 Å². The number of carbonyl (C=O) groups is 3. The van der Waals surface area contributed by atoms with Crippen LogP contribution in [0.3, 0.4) is 0 Å². The van der Waals surface area contributed by atoms with Crippen molar-refractivity contribution in [2.24, 2.45) is 5.10 Å². The molecule has 27 heavy (non-hydrogen) atoms. The van der Waals surface area contributed by atoms with Crippen LogP contribution in [0.2, 0.25) is 0 Å². The fourth-order valence-corrected chi connectivity index (χ4v) is 3.34. The minimum atomic E-state index is -3.36. The number of phenols is 1. The topological polar surface area (TPSA) is 153 Å². The van der Waals surface area contributed by atoms with Gasteiger partial charge in [0, 0.05) is 24.2 Å². The summed E-state index contributed by atoms with van der Waals surface area (Å²) < 4.78 is 21.6. The maximum atomic E-state index is 12.0. The largest absolute Gasteiger partial charge is 0.508 e. The van der Waals surface area contributed by atoms with Crippen LogP contribution < -0.4 is 5.43 Å². The molecule has 0 unspecified atom stereocenters. The molecule has 0 saturated carbocycles. The number of carbonyl (C=O) groups excluding carboxylic acids is 2. The van der Waals surface area contributed by atoms with Crippen LogP contribution in [0, 0.1) is 0 Å². The smallest absolute Gasteiger partial charge is 0.328 e. The molecule has 2 rings (SSSR count). The highest BCUT2D eigenvalue weighted by Crippen LogP contribution is 2.29. The van der Waals surface area contributed by atoms with Gasteiger partial charge in [0.15, 0.2) is 16.7 Å². The van der Waals surface area contributed by atoms with Gasteiger partial charge < -0.3 is 15.1 Å². The minimum Gasteiger partial charge on any atom is -0.508 e. The van der Waals surface area contributed by atoms with E-state index in [1.54, 1.807) is 6.92 Å². The van der Waals surface area contributed by atoms with Gasteiger partial charge in [-0.25, -0.2) is 18.6 Å². The number of aliphatic carboxylic acids is 1. The van der Waals surface area contributed by atoms with Gasteiger partial charge in [-0.2, -0.15) is 5.10 Å². The molecule has 0 spiro atoms. The summed E-state index contributed by atoms with van der Waals surface area (Å²) in [6.07, 6.45) is 0.929. The third-order valence-electron chi connectivity index (χ3n) is 4.31. The molecule has 0 aromatic heterocycles. The van der Waals surface area contributed by atoms with E-state index in [2.05, 4.69) is 10.5 Å². The highest BCUT2D eigenvalue weighted by atomic mass is 32.2. The fraction of sp³-hybridized carbons (Fsp3) is 0.375. The molecule has 11 heteroatoms. The lowest BCUT2D eigenvalue weighted by atomic mass is 9.92. The number of amides is 2. The maximum absolute atomic E-state index is 12.0. The average Bonchev–Trinajstić information content (AvgIpc) is 2.59. The Hall–Kier alpha value is -2.95. The molecule has 0 bridgehead atoms. The quantitative estimate of drug-likeness (QED) is 0.210. The first kappa shape index (κ1) is 20.4. The zero-order chi connectivity index (χ0) is 20.4. The number of nitrogens with one attached hydrogen (secondary N) is 1. The highest BCUT2D eigenvalue weighted by Gasteiger charge is 2.52. The lowest BCUT2D eigenvalue weighted by Crippen LogP contribution is -2.66. The molecule has 1 heterocycles. The van der Waals surface area contributed by atoms with Gasteiger partial charge in [0.25, 0.3) is 5.91 Å². The number of carboxylic acids is 1. The Morgan fingerprint density at radius 2 is 1.96 bits per heavy atom. The molecule has 1 fully saturated rings. The van der Waals surface area contributed by atoms with Crippen molar-refractivity contribution in [3.8, 4) is 5.75 Å². The van der Waals surface area contributed by atoms with E-state index in [9.17, 15) is 33.0 Å². The number of hydrazone groups is 1. The fourth-order valence-electron chi connectivity index (χ4n) is 2.76. The van der Waals surface area contributed by atoms with Crippen LogP contribution >= 0.6 is 0 Å². The van der Waals surface area contributed by atoms with Gasteiger partial charge in [-0.15, -0.1) is 0 Å². The number of carboxylic acid groups (broad SMARTS) is 1. The molecule has 1 aliphatic rings. The molecule has 146 valence electrons. The van der Waals surface area contributed by atoms with E-state index < -0.39 is 45.3 Å². The first-order valence-electron chi connectivity index (χ1n) is 7.90. The number of benzene rings is 1. The Morgan fingerprint density at radius 1 is 1.37 bits per heavy atom. The Labute approximate surface area is 156 Å². The highest BCUT2D eigenvalue weighted by molar-refractivity contribution is 7.75. The molecular weight excluding hydrogens is 378 g/mol. The van der Waals surface area contributed by atoms with E-state index in [4.69, 9.17) is 0 Å². The molecule has 10 nitrogen and oxygen atoms in total. The molecule has 1 saturated heterocycles. The van der Waals surface area contributed by atoms with E-state index >= 15 is 0 Å². The summed E-state index contributed by atoms with van der Waals surface area (Å²) in [7, 11) is -3.36. The normalized spacial score (nSPS) is 20.2. The molecule has 1 aliphatic heterocycles. The van der Waals surface area contributed by atoms with E-state index in [1.165, 1.54) is 24.3 Å². The molecule has 2 amide bonds. The number of likely N-dealkylation sites (tertiary alicyclic amines) is 1. The van der Waals surface area contributed by atoms with Gasteiger partial charge >= 0.3 is 5.97 Å². The van der Waals surface area contributed by atoms with E-state index in [0.29, 0.717) is 0 Å². The van der Waals surface area contributed by atoms with Gasteiger partial charge in [-0.05, 0) is 38.1 Å². The molecule has 0 radical (unpaired) electrons. The SMILES string of the molecule is C[C@@H]1CC(=O)N1[C@@H](C(=O)O)[C@](C)(/C=N/NC(=O)c1ccc(O)cc1)[SH](=O)=O. The van der Waals surface area contributed by atoms with Crippen LogP contribution in [-0.4, -0.2) is 64.4 Å². The maximum Gasteiger partial charge on any atom is 0.328 e. The first-order valence-corrected chi connectivity index (χ1v) is 9.07. The Kier molecular flexibility index (Phi) is 5.84. The summed E-state index contributed by atoms with van der Waals surface area (Å²) in [5.41, 5.74) is 2.26. The number of thiol groups is 1. The summed E-state index contributed by atoms with van der Waals surface area (Å²) in [5.74, 6) is -2.69. The molecule has 3 N–H and O–H groups in total. The van der Waals surface area contributed by atoms with Crippen molar-refractivity contribution in [3.63, 3.8) is 0 Å². The number of rotatable bonds is 7. The van der Waals surface area contributed by atoms with Crippen LogP contribution in [0.15, 0.2) is 29.4 Å². The van der Waals surface area contributed by atoms with Crippen molar-refractivity contribution < 1.29 is 33.0 Å². The van der Waals surface area contributed by atoms with Crippen molar-refractivity contribution >= 4 is 34.7 Å². The third-order valence-corrected chi connectivity index (χ3v) is 5.46. The summed E-state index contributed by atoms with van der Waals surface area (Å²) in [5, 5.41) is 22.3. The number of hydrogen-bond donors (Lipinski definition) is 4. The Balaban J connectivity index is 2.25. The third kappa shape index (κ3) is 4.08. The van der Waals surface area contributed by atoms with Crippen molar-refractivity contribution in [2.45, 2.75) is 37.1 Å². The van der Waals surface area contributed by atoms with E-state index in [1.807, 2.05) is 0 Å². The molecule has 1 aromatic carbocycles. The second-order valence-corrected chi connectivity index (χ2v) is 7.80. The zero-order valence-corrected chi connectivity index (χ0v) is 15.4. The van der Waals surface area contributed by atoms with Crippen molar-refractivity contribution in [1.82, 2.24) is 10.3 Å². The van der Waals surface area contributed by atoms with Crippen molar-refractivity contribution in [3.05, 3.63) is 29.8 Å². The second kappa shape index (κ2) is 7.74. The Bertz CT molecular complexity index is 857. The summed E-state index contributed by atoms with van der Waals surface area (Å²) in [6.45, 7) is 2.73. The number of aromatic hydroxyl groups is 1. The van der Waals surface area contributed by atoms with Gasteiger partial charge in [-0.3, -0.25) is 9.59 Å². The van der Waals surface area contributed by atoms with Crippen LogP contribution in [-0.2, 0) is 20.3 Å². The molecular formula is C16H19N3O7S. The lowest BCUT2D eigenvalue weighted by Gasteiger charge is -2.45. The predicted molar refractivity (Wildman–Crippen MR) is 95.1 cm³/mol. The molecule has 1 aromatic rings. The second-order valence-electron chi connectivity index (χ2n) is 6.32. The van der Waals surface area contributed by atoms with Crippen molar-refractivity contribution in [1.29, 1.82) is 0 Å². The van der Waals surface area contributed by atoms with E-state index in [0.717, 1.165) is 18.0 Å². The number of β-lactam (4-membered cyclic amide) rings is 1. The van der Waals surface area contributed by atoms with Crippen LogP contribution in [0.4, 0.5) is 0 Å². The van der Waals surface area contributed by atoms with Gasteiger partial charge in [0.1, 0.15) is 10.5 Å². The van der Waals surface area contributed by atoms with Crippen molar-refractivity contribution in [2.75, 3.05) is 0 Å². The van der Waals surface area contributed by atoms with Gasteiger partial charge in [0.2, 0.25) is 5.91 Å². The number of nitrogens with zero attached hydrogens (tertiary/aromatic N) is 2. The van der Waals surface area contributed by atoms with Gasteiger partial charge in [-0.1, -0.05) is 0 Å². The summed E-state index contributed by atoms with van der Waals surface area (Å²) >= 11 is 0.